The summed E-state index contributed by atoms with van der Waals surface area (Å²) in [6.07, 6.45) is 3.41. The molecular formula is C10H20N2OS. The minimum absolute atomic E-state index is 0.648. The maximum atomic E-state index is 5.44. The van der Waals surface area contributed by atoms with Gasteiger partial charge in [0, 0.05) is 37.0 Å². The van der Waals surface area contributed by atoms with E-state index in [-0.39, 0.29) is 0 Å². The van der Waals surface area contributed by atoms with Crippen LogP contribution in [0.25, 0.3) is 0 Å². The first-order valence-corrected chi connectivity index (χ1v) is 6.65. The van der Waals surface area contributed by atoms with E-state index in [1.807, 2.05) is 11.8 Å². The van der Waals surface area contributed by atoms with E-state index in [1.165, 1.54) is 6.42 Å². The summed E-state index contributed by atoms with van der Waals surface area (Å²) < 4.78 is 5.44. The lowest BCUT2D eigenvalue weighted by Gasteiger charge is -2.32. The van der Waals surface area contributed by atoms with Crippen LogP contribution in [-0.4, -0.2) is 61.8 Å². The third-order valence-corrected chi connectivity index (χ3v) is 4.52. The number of likely N-dealkylation sites (N-methyl/N-ethyl adjacent to an activating group) is 1. The number of nitrogens with zero attached hydrogens (tertiary/aromatic N) is 1. The van der Waals surface area contributed by atoms with Gasteiger partial charge in [0.1, 0.15) is 0 Å². The van der Waals surface area contributed by atoms with E-state index in [0.717, 1.165) is 31.6 Å². The number of hydrogen-bond acceptors (Lipinski definition) is 4. The molecule has 2 heterocycles. The van der Waals surface area contributed by atoms with Crippen LogP contribution >= 0.6 is 11.8 Å². The standard InChI is InChI=1S/C10H20N2OS/c1-12(8-3-4-13-7-8)9-5-11-6-10(9)14-2/h8-11H,3-7H2,1-2H3. The number of rotatable bonds is 3. The molecule has 82 valence electrons. The van der Waals surface area contributed by atoms with Crippen molar-refractivity contribution in [2.24, 2.45) is 0 Å². The van der Waals surface area contributed by atoms with Crippen LogP contribution in [0.3, 0.4) is 0 Å². The molecule has 2 fully saturated rings. The highest BCUT2D eigenvalue weighted by molar-refractivity contribution is 7.99. The van der Waals surface area contributed by atoms with E-state index >= 15 is 0 Å². The van der Waals surface area contributed by atoms with E-state index in [4.69, 9.17) is 4.74 Å². The van der Waals surface area contributed by atoms with Crippen LogP contribution in [0.4, 0.5) is 0 Å². The van der Waals surface area contributed by atoms with Crippen LogP contribution in [0.1, 0.15) is 6.42 Å². The second kappa shape index (κ2) is 4.84. The Hall–Kier alpha value is 0.230. The predicted molar refractivity (Wildman–Crippen MR) is 60.9 cm³/mol. The second-order valence-electron chi connectivity index (χ2n) is 4.18. The Morgan fingerprint density at radius 3 is 2.93 bits per heavy atom. The molecule has 4 heteroatoms. The van der Waals surface area contributed by atoms with Crippen molar-refractivity contribution < 1.29 is 4.74 Å². The first kappa shape index (κ1) is 10.7. The molecule has 1 N–H and O–H groups in total. The molecule has 2 aliphatic rings. The van der Waals surface area contributed by atoms with Gasteiger partial charge in [0.25, 0.3) is 0 Å². The predicted octanol–water partition coefficient (Wildman–Crippen LogP) is 0.410. The van der Waals surface area contributed by atoms with Crippen LogP contribution in [0, 0.1) is 0 Å². The molecule has 0 aromatic heterocycles. The Morgan fingerprint density at radius 1 is 1.43 bits per heavy atom. The van der Waals surface area contributed by atoms with Crippen LogP contribution in [0.15, 0.2) is 0 Å². The average Bonchev–Trinajstić information content (AvgIpc) is 2.87. The summed E-state index contributed by atoms with van der Waals surface area (Å²) in [4.78, 5) is 2.52. The largest absolute Gasteiger partial charge is 0.380 e. The minimum Gasteiger partial charge on any atom is -0.380 e. The Morgan fingerprint density at radius 2 is 2.29 bits per heavy atom. The van der Waals surface area contributed by atoms with Crippen LogP contribution in [0.2, 0.25) is 0 Å². The summed E-state index contributed by atoms with van der Waals surface area (Å²) in [6.45, 7) is 4.16. The fourth-order valence-corrected chi connectivity index (χ4v) is 3.29. The van der Waals surface area contributed by atoms with Crippen molar-refractivity contribution in [3.05, 3.63) is 0 Å². The SMILES string of the molecule is CSC1CNCC1N(C)C1CCOC1. The van der Waals surface area contributed by atoms with Crippen molar-refractivity contribution in [1.29, 1.82) is 0 Å². The number of nitrogens with one attached hydrogen (secondary N) is 1. The molecule has 2 aliphatic heterocycles. The summed E-state index contributed by atoms with van der Waals surface area (Å²) in [5, 5.41) is 4.22. The smallest absolute Gasteiger partial charge is 0.0622 e. The Balaban J connectivity index is 1.92. The molecule has 14 heavy (non-hydrogen) atoms. The van der Waals surface area contributed by atoms with Gasteiger partial charge in [-0.3, -0.25) is 4.90 Å². The Kier molecular flexibility index (Phi) is 3.71. The van der Waals surface area contributed by atoms with E-state index in [9.17, 15) is 0 Å². The van der Waals surface area contributed by atoms with E-state index < -0.39 is 0 Å². The zero-order chi connectivity index (χ0) is 9.97. The molecule has 0 amide bonds. The lowest BCUT2D eigenvalue weighted by Crippen LogP contribution is -2.45. The monoisotopic (exact) mass is 216 g/mol. The van der Waals surface area contributed by atoms with Gasteiger partial charge in [-0.15, -0.1) is 0 Å². The van der Waals surface area contributed by atoms with Crippen molar-refractivity contribution >= 4 is 11.8 Å². The van der Waals surface area contributed by atoms with Gasteiger partial charge in [-0.1, -0.05) is 0 Å². The molecule has 3 atom stereocenters. The van der Waals surface area contributed by atoms with Crippen molar-refractivity contribution in [2.45, 2.75) is 23.8 Å². The first-order chi connectivity index (χ1) is 6.83. The summed E-state index contributed by atoms with van der Waals surface area (Å²) in [5.41, 5.74) is 0. The van der Waals surface area contributed by atoms with Crippen molar-refractivity contribution in [2.75, 3.05) is 39.6 Å². The zero-order valence-electron chi connectivity index (χ0n) is 9.03. The average molecular weight is 216 g/mol. The van der Waals surface area contributed by atoms with Crippen molar-refractivity contribution in [3.8, 4) is 0 Å². The lowest BCUT2D eigenvalue weighted by molar-refractivity contribution is 0.139. The van der Waals surface area contributed by atoms with Gasteiger partial charge in [0.05, 0.1) is 6.61 Å². The molecule has 0 aromatic carbocycles. The topological polar surface area (TPSA) is 24.5 Å². The summed E-state index contributed by atoms with van der Waals surface area (Å²) in [7, 11) is 2.25. The van der Waals surface area contributed by atoms with E-state index in [1.54, 1.807) is 0 Å². The summed E-state index contributed by atoms with van der Waals surface area (Å²) >= 11 is 1.98. The molecule has 0 aromatic rings. The third-order valence-electron chi connectivity index (χ3n) is 3.44. The normalized spacial score (nSPS) is 38.4. The molecule has 0 saturated carbocycles. The Labute approximate surface area is 90.6 Å². The van der Waals surface area contributed by atoms with Crippen molar-refractivity contribution in [3.63, 3.8) is 0 Å². The summed E-state index contributed by atoms with van der Waals surface area (Å²) in [6, 6.07) is 1.34. The highest BCUT2D eigenvalue weighted by Gasteiger charge is 2.34. The van der Waals surface area contributed by atoms with Gasteiger partial charge in [-0.05, 0) is 19.7 Å². The molecule has 3 unspecified atom stereocenters. The number of hydrogen-bond donors (Lipinski definition) is 1. The summed E-state index contributed by atoms with van der Waals surface area (Å²) in [5.74, 6) is 0. The van der Waals surface area contributed by atoms with Gasteiger partial charge in [0.2, 0.25) is 0 Å². The minimum atomic E-state index is 0.648. The van der Waals surface area contributed by atoms with E-state index in [2.05, 4.69) is 23.5 Å². The fourth-order valence-electron chi connectivity index (χ4n) is 2.40. The lowest BCUT2D eigenvalue weighted by atomic mass is 10.1. The quantitative estimate of drug-likeness (QED) is 0.738. The van der Waals surface area contributed by atoms with Gasteiger partial charge < -0.3 is 10.1 Å². The van der Waals surface area contributed by atoms with E-state index in [0.29, 0.717) is 12.1 Å². The van der Waals surface area contributed by atoms with Crippen LogP contribution < -0.4 is 5.32 Å². The Bertz CT molecular complexity index is 185. The van der Waals surface area contributed by atoms with Gasteiger partial charge in [-0.25, -0.2) is 0 Å². The fraction of sp³-hybridized carbons (Fsp3) is 1.00. The zero-order valence-corrected chi connectivity index (χ0v) is 9.85. The van der Waals surface area contributed by atoms with Gasteiger partial charge in [-0.2, -0.15) is 11.8 Å². The van der Waals surface area contributed by atoms with Crippen molar-refractivity contribution in [1.82, 2.24) is 10.2 Å². The molecule has 2 saturated heterocycles. The highest BCUT2D eigenvalue weighted by Crippen LogP contribution is 2.23. The number of ether oxygens (including phenoxy) is 1. The maximum Gasteiger partial charge on any atom is 0.0622 e. The third kappa shape index (κ3) is 2.08. The molecule has 0 spiro atoms. The van der Waals surface area contributed by atoms with Crippen LogP contribution in [0.5, 0.6) is 0 Å². The second-order valence-corrected chi connectivity index (χ2v) is 5.26. The number of thioether (sulfide) groups is 1. The highest BCUT2D eigenvalue weighted by atomic mass is 32.2. The maximum absolute atomic E-state index is 5.44. The van der Waals surface area contributed by atoms with Crippen LogP contribution in [-0.2, 0) is 4.74 Å². The molecule has 0 radical (unpaired) electrons. The molecular weight excluding hydrogens is 196 g/mol. The first-order valence-electron chi connectivity index (χ1n) is 5.36. The van der Waals surface area contributed by atoms with Gasteiger partial charge in [0.15, 0.2) is 0 Å². The molecule has 0 bridgehead atoms. The van der Waals surface area contributed by atoms with Gasteiger partial charge >= 0.3 is 0 Å². The molecule has 2 rings (SSSR count). The molecule has 3 nitrogen and oxygen atoms in total. The molecule has 0 aliphatic carbocycles.